The molecule has 2 aromatic carbocycles. The number of likely N-dealkylation sites (tertiary alicyclic amines) is 4. The van der Waals surface area contributed by atoms with Crippen LogP contribution >= 0.6 is 114 Å². The Balaban J connectivity index is 0.000000166. The fourth-order valence-electron chi connectivity index (χ4n) is 14.2. The molecule has 10 aromatic heterocycles. The minimum absolute atomic E-state index is 0.0166. The third-order valence-corrected chi connectivity index (χ3v) is 24.2. The van der Waals surface area contributed by atoms with E-state index < -0.39 is 17.2 Å². The van der Waals surface area contributed by atoms with Gasteiger partial charge in [0.15, 0.2) is 28.2 Å². The second-order valence-corrected chi connectivity index (χ2v) is 39.3. The standard InChI is InChI=1S/C21H24ClN7O.C15H20IN7O.C14H19IN6O2.C9H11IN6.C9H17NO3.C6H6ClNO2.C6H11NO2.C5H4IN5/c1-27(2)10-3-4-17(30)28-11-9-16(12-28)29-21-18(20(23)24-13-25-21)19(26-29)14-5-7-15(22)8-6-14;1-21(2)6-3-4-11(24)22-7-5-10(8-22)23-15-12(13(16)20-23)14(17)18-9-19-15;1-14(2,3)23-13(22)20-5-4-8(6-20)21-12-9(10(15)19-21)11(16)17-7-18-12;10-7-6-8(11)13-4-14-9(6)16(15-7)5-1-2-12-3-5;1-9(2,3)13-8(12)10-5-4-7(11)6-10;7-5-1-3-6(4-2-5)8(9)10;1-7(2)5-3-4-6(8)9;6-3-2-4(7)8-1-9-5(2)11-10-3/h3-8,13,16H,9-12H2,1-2H3,(H2,23,24,25);3-4,9-10H,5-8H2,1-2H3,(H2,17,18,19);7-8H,4-6H2,1-3H3,(H2,16,17,18);4-5,12H,1-3H2,(H2,11,13,14);7,11H,4-6H2,1-3H3;1-4,9-10H;3-4H,5H2,1-2H3,(H,8,9);1H,(H3,7,8,9,10,11)/b2*4-3+;;;;;4-3+;/t16-;10-;8-;5-;7-;;;/m11110.../s1. The van der Waals surface area contributed by atoms with E-state index in [2.05, 4.69) is 171 Å². The normalized spacial score (nSPS) is 17.1. The van der Waals surface area contributed by atoms with Crippen molar-refractivity contribution in [2.24, 2.45) is 0 Å². The number of nitrogen functional groups attached to an aromatic ring is 5. The van der Waals surface area contributed by atoms with E-state index in [0.717, 1.165) is 122 Å². The van der Waals surface area contributed by atoms with E-state index in [1.165, 1.54) is 48.7 Å². The summed E-state index contributed by atoms with van der Waals surface area (Å²) in [6.07, 6.45) is 20.2. The predicted octanol–water partition coefficient (Wildman–Crippen LogP) is 9.91. The topological polar surface area (TPSA) is 582 Å². The van der Waals surface area contributed by atoms with Crippen molar-refractivity contribution in [2.45, 2.75) is 115 Å². The van der Waals surface area contributed by atoms with Crippen LogP contribution in [0, 0.1) is 14.8 Å². The molecular weight excluding hydrogens is 2250 g/mol. The van der Waals surface area contributed by atoms with E-state index in [1.807, 2.05) is 163 Å². The van der Waals surface area contributed by atoms with E-state index in [-0.39, 0.29) is 59.1 Å². The number of anilines is 6. The number of benzene rings is 2. The van der Waals surface area contributed by atoms with Crippen LogP contribution in [0.25, 0.3) is 66.4 Å². The van der Waals surface area contributed by atoms with Gasteiger partial charge in [0.25, 0.3) is 0 Å². The molecule has 51 heteroatoms. The number of carbonyl (C=O) groups is 5. The number of halogens is 6. The average Bonchev–Trinajstić information content (AvgIpc) is 1.63. The zero-order valence-corrected chi connectivity index (χ0v) is 87.1. The van der Waals surface area contributed by atoms with Crippen LogP contribution in [0.4, 0.5) is 44.4 Å². The lowest BCUT2D eigenvalue weighted by molar-refractivity contribution is -0.131. The minimum atomic E-state index is -0.892. The molecule has 0 spiro atoms. The molecule has 730 valence electrons. The number of nitrogens with one attached hydrogen (secondary N) is 2. The molecule has 5 fully saturated rings. The summed E-state index contributed by atoms with van der Waals surface area (Å²) in [6, 6.07) is 14.1. The zero-order valence-electron chi connectivity index (χ0n) is 77.0. The molecule has 15 heterocycles. The molecule has 0 saturated carbocycles. The van der Waals surface area contributed by atoms with Crippen molar-refractivity contribution in [3.8, 4) is 11.3 Å². The third-order valence-electron chi connectivity index (χ3n) is 20.6. The first-order chi connectivity index (χ1) is 64.4. The van der Waals surface area contributed by atoms with Crippen molar-refractivity contribution in [3.05, 3.63) is 141 Å². The molecule has 5 saturated heterocycles. The first-order valence-electron chi connectivity index (χ1n) is 42.7. The van der Waals surface area contributed by atoms with Crippen molar-refractivity contribution < 1.29 is 54.1 Å². The summed E-state index contributed by atoms with van der Waals surface area (Å²) in [5, 5.41) is 67.9. The number of nitrogens with zero attached hydrogens (tertiary/aromatic N) is 27. The molecule has 12 aromatic rings. The summed E-state index contributed by atoms with van der Waals surface area (Å²) in [5.41, 5.74) is 34.0. The Kier molecular flexibility index (Phi) is 39.2. The van der Waals surface area contributed by atoms with Crippen LogP contribution in [-0.2, 0) is 23.9 Å². The number of aromatic nitrogens is 20. The first kappa shape index (κ1) is 107. The van der Waals surface area contributed by atoms with Gasteiger partial charge in [-0.05, 0) is 249 Å². The fourth-order valence-corrected chi connectivity index (χ4v) is 17.3. The Morgan fingerprint density at radius 2 is 0.831 bits per heavy atom. The van der Waals surface area contributed by atoms with Crippen LogP contribution in [-0.4, -0.2) is 329 Å². The lowest BCUT2D eigenvalue weighted by Crippen LogP contribution is -2.35. The Morgan fingerprint density at radius 1 is 0.471 bits per heavy atom. The van der Waals surface area contributed by atoms with Gasteiger partial charge in [0.2, 0.25) is 11.8 Å². The molecule has 5 atom stereocenters. The molecule has 0 bridgehead atoms. The van der Waals surface area contributed by atoms with E-state index >= 15 is 0 Å². The summed E-state index contributed by atoms with van der Waals surface area (Å²) in [6.45, 7) is 20.0. The highest BCUT2D eigenvalue weighted by Crippen LogP contribution is 2.37. The number of likely N-dealkylation sites (N-methyl/N-ethyl adjacent to an activating group) is 3. The van der Waals surface area contributed by atoms with Crippen molar-refractivity contribution in [2.75, 3.05) is 161 Å². The maximum Gasteiger partial charge on any atom is 0.410 e. The highest BCUT2D eigenvalue weighted by molar-refractivity contribution is 14.1. The summed E-state index contributed by atoms with van der Waals surface area (Å²) < 4.78 is 21.5. The summed E-state index contributed by atoms with van der Waals surface area (Å²) in [4.78, 5) is 112. The number of hydrogen-bond acceptors (Lipinski definition) is 35. The number of ether oxygens (including phenoxy) is 2. The second kappa shape index (κ2) is 49.6. The number of aromatic amines is 1. The Morgan fingerprint density at radius 3 is 1.21 bits per heavy atom. The van der Waals surface area contributed by atoms with Crippen LogP contribution < -0.4 is 39.2 Å². The van der Waals surface area contributed by atoms with Crippen LogP contribution in [0.15, 0.2) is 117 Å². The number of rotatable bonds is 15. The van der Waals surface area contributed by atoms with Gasteiger partial charge in [0, 0.05) is 112 Å². The Hall–Kier alpha value is -10.6. The van der Waals surface area contributed by atoms with Crippen LogP contribution in [0.3, 0.4) is 0 Å². The second-order valence-electron chi connectivity index (χ2n) is 34.3. The Labute approximate surface area is 848 Å². The van der Waals surface area contributed by atoms with Gasteiger partial charge in [0.1, 0.15) is 92.4 Å². The molecule has 5 aliphatic heterocycles. The molecule has 0 unspecified atom stereocenters. The molecule has 16 N–H and O–H groups in total. The van der Waals surface area contributed by atoms with Crippen LogP contribution in [0.5, 0.6) is 0 Å². The van der Waals surface area contributed by atoms with E-state index in [0.29, 0.717) is 127 Å². The SMILES string of the molecule is CC(C)(C)OC(=O)N1CC[C@@H](n2nc(I)c3c(N)ncnc32)C1.CC(C)(C)OC(=O)N1CC[C@H](O)C1.CN(C)C/C=C/C(=O)N1CC[C@@H](n2nc(-c3ccc(Cl)cc3)c3c(N)ncnc32)C1.CN(C)C/C=C/C(=O)N1CC[C@@H](n2nc(I)c3c(N)ncnc32)C1.CN(C)C/C=C/C(=O)O.Nc1ncnc2c1c(I)nn2[C@@H]1CCNC1.Nc1ncnc2n[nH]c(I)c12.ON(O)c1ccc(Cl)cc1. The van der Waals surface area contributed by atoms with Gasteiger partial charge in [0.05, 0.1) is 62.9 Å². The number of carboxylic acids is 1. The van der Waals surface area contributed by atoms with Gasteiger partial charge in [-0.3, -0.25) is 25.1 Å². The van der Waals surface area contributed by atoms with Gasteiger partial charge < -0.3 is 88.0 Å². The molecular formula is C85H112Cl2I4N34O11. The van der Waals surface area contributed by atoms with Gasteiger partial charge >= 0.3 is 18.2 Å². The number of nitrogens with two attached hydrogens (primary N) is 5. The maximum absolute atomic E-state index is 12.5. The van der Waals surface area contributed by atoms with Gasteiger partial charge in [-0.25, -0.2) is 83.0 Å². The predicted molar refractivity (Wildman–Crippen MR) is 551 cm³/mol. The minimum Gasteiger partial charge on any atom is -0.478 e. The number of carboxylic acid groups (broad SMARTS) is 1. The van der Waals surface area contributed by atoms with Gasteiger partial charge in [-0.2, -0.15) is 25.5 Å². The summed E-state index contributed by atoms with van der Waals surface area (Å²) in [7, 11) is 11.6. The molecule has 0 radical (unpaired) electrons. The largest absolute Gasteiger partial charge is 0.478 e. The highest BCUT2D eigenvalue weighted by Gasteiger charge is 2.36. The van der Waals surface area contributed by atoms with Crippen molar-refractivity contribution >= 4 is 233 Å². The van der Waals surface area contributed by atoms with E-state index in [1.54, 1.807) is 35.3 Å². The Bertz CT molecular complexity index is 6160. The molecule has 0 aliphatic carbocycles. The van der Waals surface area contributed by atoms with E-state index in [9.17, 15) is 29.1 Å². The number of H-pyrrole nitrogens is 1. The quantitative estimate of drug-likeness (QED) is 0.0258. The lowest BCUT2D eigenvalue weighted by atomic mass is 10.1. The molecule has 4 amide bonds. The van der Waals surface area contributed by atoms with Gasteiger partial charge in [-0.1, -0.05) is 53.6 Å². The summed E-state index contributed by atoms with van der Waals surface area (Å²) in [5.74, 6) is 1.38. The number of amides is 4. The molecule has 136 heavy (non-hydrogen) atoms. The van der Waals surface area contributed by atoms with E-state index in [4.69, 9.17) is 82.0 Å². The maximum atomic E-state index is 12.5. The molecule has 5 aliphatic rings. The van der Waals surface area contributed by atoms with Crippen molar-refractivity contribution in [1.82, 2.24) is 139 Å². The molecule has 45 nitrogen and oxygen atoms in total. The zero-order chi connectivity index (χ0) is 99.2. The number of fused-ring (bicyclic) bond motifs is 5. The highest BCUT2D eigenvalue weighted by atomic mass is 127. The van der Waals surface area contributed by atoms with Gasteiger partial charge in [-0.15, -0.1) is 5.23 Å². The van der Waals surface area contributed by atoms with Crippen molar-refractivity contribution in [1.29, 1.82) is 0 Å². The first-order valence-corrected chi connectivity index (χ1v) is 47.8. The number of aliphatic carboxylic acids is 1. The number of carbonyl (C=O) groups excluding carboxylic acids is 4. The monoisotopic (exact) mass is 2360 g/mol. The number of aliphatic hydroxyl groups is 1. The van der Waals surface area contributed by atoms with Crippen LogP contribution in [0.2, 0.25) is 10.0 Å². The average molecular weight is 2360 g/mol. The number of β-amino-alcohol motifs (C(OH)–C–C–N with tert-alkyl or cyclic N) is 1. The number of hydrogen-bond donors (Lipinski definition) is 11. The summed E-state index contributed by atoms with van der Waals surface area (Å²) >= 11 is 20.1. The number of aliphatic hydroxyl groups excluding tert-OH is 1. The smallest absolute Gasteiger partial charge is 0.410 e. The fraction of sp³-hybridized carbons (Fsp3) is 0.435. The van der Waals surface area contributed by atoms with Crippen LogP contribution in [0.1, 0.15) is 97.8 Å². The van der Waals surface area contributed by atoms with Crippen molar-refractivity contribution in [3.63, 3.8) is 0 Å². The molecule has 17 rings (SSSR count). The third kappa shape index (κ3) is 30.2. The lowest BCUT2D eigenvalue weighted by Gasteiger charge is -2.24.